The Morgan fingerprint density at radius 2 is 1.00 bits per heavy atom. The molecule has 326 valence electrons. The number of nitrogen functional groups attached to an aromatic ring is 1. The minimum Gasteiger partial charge on any atom is -0.399 e. The second kappa shape index (κ2) is 17.6. The van der Waals surface area contributed by atoms with E-state index >= 15 is 0 Å². The van der Waals surface area contributed by atoms with E-state index in [0.717, 1.165) is 115 Å². The van der Waals surface area contributed by atoms with Crippen LogP contribution in [-0.4, -0.2) is 128 Å². The Morgan fingerprint density at radius 1 is 0.516 bits per heavy atom. The van der Waals surface area contributed by atoms with Crippen LogP contribution in [0.25, 0.3) is 0 Å². The summed E-state index contributed by atoms with van der Waals surface area (Å²) in [5, 5.41) is 0. The number of anilines is 4. The molecule has 9 unspecified atom stereocenters. The van der Waals surface area contributed by atoms with Gasteiger partial charge in [-0.3, -0.25) is 0 Å². The van der Waals surface area contributed by atoms with Crippen LogP contribution < -0.4 is 20.4 Å². The average molecular weight is 843 g/mol. The third-order valence-electron chi connectivity index (χ3n) is 12.8. The molecule has 8 saturated heterocycles. The monoisotopic (exact) mass is 842 g/mol. The summed E-state index contributed by atoms with van der Waals surface area (Å²) >= 11 is 0. The quantitative estimate of drug-likeness (QED) is 0.0792. The van der Waals surface area contributed by atoms with E-state index < -0.39 is 0 Å². The molecular formula is C50H58N4O8. The van der Waals surface area contributed by atoms with Gasteiger partial charge in [0, 0.05) is 67.3 Å². The molecule has 0 aliphatic carbocycles. The molecular weight excluding hydrogens is 785 g/mol. The van der Waals surface area contributed by atoms with Crippen molar-refractivity contribution >= 4 is 22.7 Å². The fourth-order valence-electron chi connectivity index (χ4n) is 8.68. The van der Waals surface area contributed by atoms with Crippen LogP contribution >= 0.6 is 0 Å². The molecule has 0 saturated carbocycles. The molecule has 8 aliphatic heterocycles. The molecule has 9 atom stereocenters. The highest BCUT2D eigenvalue weighted by Gasteiger charge is 2.39. The highest BCUT2D eigenvalue weighted by molar-refractivity contribution is 5.65. The van der Waals surface area contributed by atoms with Crippen molar-refractivity contribution in [3.05, 3.63) is 131 Å². The Balaban J connectivity index is 0.000000565. The zero-order chi connectivity index (χ0) is 41.6. The summed E-state index contributed by atoms with van der Waals surface area (Å²) in [6, 6.07) is 32.5. The van der Waals surface area contributed by atoms with Gasteiger partial charge in [0.1, 0.15) is 6.10 Å². The fraction of sp³-hybridized carbons (Fsp3) is 0.480. The van der Waals surface area contributed by atoms with E-state index in [1.54, 1.807) is 0 Å². The smallest absolute Gasteiger partial charge is 0.120 e. The Morgan fingerprint density at radius 3 is 1.50 bits per heavy atom. The van der Waals surface area contributed by atoms with Gasteiger partial charge in [0.25, 0.3) is 0 Å². The molecule has 4 aromatic rings. The van der Waals surface area contributed by atoms with Crippen LogP contribution in [0.15, 0.2) is 103 Å². The fourth-order valence-corrected chi connectivity index (χ4v) is 8.68. The zero-order valence-corrected chi connectivity index (χ0v) is 35.4. The largest absolute Gasteiger partial charge is 0.399 e. The lowest BCUT2D eigenvalue weighted by molar-refractivity contribution is 0.389. The molecule has 12 heteroatoms. The number of hydrogen-bond acceptors (Lipinski definition) is 12. The van der Waals surface area contributed by atoms with Crippen LogP contribution in [-0.2, 0) is 57.2 Å². The first kappa shape index (κ1) is 40.3. The number of nitrogens with zero attached hydrogens (tertiary/aromatic N) is 3. The van der Waals surface area contributed by atoms with Crippen LogP contribution in [0.2, 0.25) is 0 Å². The van der Waals surface area contributed by atoms with Gasteiger partial charge in [0.2, 0.25) is 0 Å². The molecule has 0 bridgehead atoms. The van der Waals surface area contributed by atoms with Crippen molar-refractivity contribution in [1.29, 1.82) is 0 Å². The molecule has 8 heterocycles. The molecule has 8 fully saturated rings. The van der Waals surface area contributed by atoms with Crippen LogP contribution in [0, 0.1) is 0 Å². The molecule has 0 aromatic heterocycles. The summed E-state index contributed by atoms with van der Waals surface area (Å²) in [7, 11) is 0. The Kier molecular flexibility index (Phi) is 11.4. The maximum atomic E-state index is 6.02. The first-order chi connectivity index (χ1) is 30.5. The first-order valence-corrected chi connectivity index (χ1v) is 22.5. The van der Waals surface area contributed by atoms with Crippen molar-refractivity contribution in [2.45, 2.75) is 74.1 Å². The van der Waals surface area contributed by atoms with Crippen molar-refractivity contribution in [1.82, 2.24) is 0 Å². The Labute approximate surface area is 364 Å². The second-order valence-electron chi connectivity index (χ2n) is 18.0. The minimum atomic E-state index is -0.0732. The van der Waals surface area contributed by atoms with Crippen molar-refractivity contribution in [2.75, 3.05) is 99.5 Å². The van der Waals surface area contributed by atoms with E-state index in [1.807, 2.05) is 30.3 Å². The lowest BCUT2D eigenvalue weighted by Gasteiger charge is -2.37. The molecule has 0 amide bonds. The Bertz CT molecular complexity index is 2150. The van der Waals surface area contributed by atoms with Crippen LogP contribution in [0.5, 0.6) is 0 Å². The lowest BCUT2D eigenvalue weighted by atomic mass is 9.88. The van der Waals surface area contributed by atoms with Crippen LogP contribution in [0.4, 0.5) is 22.7 Å². The topological polar surface area (TPSA) is 136 Å². The maximum absolute atomic E-state index is 6.02. The van der Waals surface area contributed by atoms with Gasteiger partial charge in [0.05, 0.1) is 108 Å². The molecule has 12 rings (SSSR count). The number of ether oxygens (including phenoxy) is 8. The van der Waals surface area contributed by atoms with E-state index in [9.17, 15) is 0 Å². The van der Waals surface area contributed by atoms with Crippen molar-refractivity contribution < 1.29 is 37.9 Å². The summed E-state index contributed by atoms with van der Waals surface area (Å²) in [4.78, 5) is 7.33. The third-order valence-corrected chi connectivity index (χ3v) is 12.8. The molecule has 2 N–H and O–H groups in total. The number of hydrogen-bond donors (Lipinski definition) is 1. The van der Waals surface area contributed by atoms with Gasteiger partial charge >= 0.3 is 0 Å². The standard InChI is InChI=1S/C44H51N3O8.C6H7N/c1-27(43-26-55-43)46(17-38-24-53-38)32-9-4-29(5-10-32)44(28-2-7-31(8-3-28)45(15-36-22-51-36)16-37-23-52-37)47(18-39-25-54-39)42-11-6-30(12-33-19-48-33)40(13-34-20-49-34)41(42)14-35-21-50-35;7-6-4-2-1-3-5-6/h2-11,33-39,43-44H,1,12-26H2;1-5H,7H2. The molecule has 8 aliphatic rings. The van der Waals surface area contributed by atoms with Crippen LogP contribution in [0.3, 0.4) is 0 Å². The summed E-state index contributed by atoms with van der Waals surface area (Å²) < 4.78 is 46.2. The summed E-state index contributed by atoms with van der Waals surface area (Å²) in [5.41, 5.74) is 17.4. The van der Waals surface area contributed by atoms with Gasteiger partial charge in [-0.15, -0.1) is 0 Å². The van der Waals surface area contributed by atoms with E-state index in [4.69, 9.17) is 43.6 Å². The molecule has 0 radical (unpaired) electrons. The number of benzene rings is 4. The van der Waals surface area contributed by atoms with Gasteiger partial charge in [-0.1, -0.05) is 55.1 Å². The predicted octanol–water partition coefficient (Wildman–Crippen LogP) is 5.50. The van der Waals surface area contributed by atoms with E-state index in [-0.39, 0.29) is 36.6 Å². The zero-order valence-electron chi connectivity index (χ0n) is 35.4. The van der Waals surface area contributed by atoms with Crippen molar-refractivity contribution in [3.63, 3.8) is 0 Å². The summed E-state index contributed by atoms with van der Waals surface area (Å²) in [6.45, 7) is 14.2. The highest BCUT2D eigenvalue weighted by Crippen LogP contribution is 2.42. The normalized spacial score (nSPS) is 28.1. The molecule has 12 nitrogen and oxygen atoms in total. The Hall–Kier alpha value is -4.50. The second-order valence-corrected chi connectivity index (χ2v) is 18.0. The highest BCUT2D eigenvalue weighted by atomic mass is 16.6. The number of nitrogens with two attached hydrogens (primary N) is 1. The van der Waals surface area contributed by atoms with Crippen LogP contribution in [0.1, 0.15) is 33.9 Å². The van der Waals surface area contributed by atoms with Crippen molar-refractivity contribution in [2.24, 2.45) is 0 Å². The van der Waals surface area contributed by atoms with E-state index in [1.165, 1.54) is 39.2 Å². The van der Waals surface area contributed by atoms with Gasteiger partial charge in [-0.25, -0.2) is 0 Å². The van der Waals surface area contributed by atoms with Gasteiger partial charge < -0.3 is 58.3 Å². The predicted molar refractivity (Wildman–Crippen MR) is 237 cm³/mol. The average Bonchev–Trinajstić information content (AvgIpc) is 4.10. The third kappa shape index (κ3) is 10.6. The van der Waals surface area contributed by atoms with E-state index in [2.05, 4.69) is 81.9 Å². The number of para-hydroxylation sites is 1. The van der Waals surface area contributed by atoms with Gasteiger partial charge in [-0.05, 0) is 70.3 Å². The SMILES string of the molecule is C=C(C1CO1)N(CC1CO1)c1ccc(C(c2ccc(N(CC3CO3)CC3CO3)cc2)N(CC2CO2)c2ccc(CC3CO3)c(CC3CO3)c2CC2CO2)cc1.Nc1ccccc1. The van der Waals surface area contributed by atoms with Gasteiger partial charge in [-0.2, -0.15) is 0 Å². The maximum Gasteiger partial charge on any atom is 0.120 e. The lowest BCUT2D eigenvalue weighted by Crippen LogP contribution is -2.35. The van der Waals surface area contributed by atoms with Gasteiger partial charge in [0.15, 0.2) is 0 Å². The number of epoxide rings is 8. The number of rotatable bonds is 22. The summed E-state index contributed by atoms with van der Waals surface area (Å²) in [6.07, 6.45) is 4.63. The van der Waals surface area contributed by atoms with E-state index in [0.29, 0.717) is 18.3 Å². The first-order valence-electron chi connectivity index (χ1n) is 22.5. The summed E-state index contributed by atoms with van der Waals surface area (Å²) in [5.74, 6) is 0. The molecule has 0 spiro atoms. The van der Waals surface area contributed by atoms with Crippen molar-refractivity contribution in [3.8, 4) is 0 Å². The minimum absolute atomic E-state index is 0.0732. The molecule has 62 heavy (non-hydrogen) atoms. The molecule has 4 aromatic carbocycles.